The highest BCUT2D eigenvalue weighted by molar-refractivity contribution is 5.95. The van der Waals surface area contributed by atoms with Crippen molar-refractivity contribution in [3.63, 3.8) is 0 Å². The van der Waals surface area contributed by atoms with Crippen LogP contribution in [0.5, 0.6) is 0 Å². The van der Waals surface area contributed by atoms with E-state index in [2.05, 4.69) is 6.92 Å². The molecular weight excluding hydrogens is 300 g/mol. The molecule has 0 bridgehead atoms. The number of hydrogen-bond donors (Lipinski definition) is 0. The molecule has 1 aromatic carbocycles. The van der Waals surface area contributed by atoms with Gasteiger partial charge in [0.1, 0.15) is 0 Å². The lowest BCUT2D eigenvalue weighted by Crippen LogP contribution is -2.45. The van der Waals surface area contributed by atoms with Gasteiger partial charge in [-0.05, 0) is 31.4 Å². The van der Waals surface area contributed by atoms with Gasteiger partial charge in [-0.2, -0.15) is 0 Å². The first-order valence-corrected chi connectivity index (χ1v) is 9.19. The van der Waals surface area contributed by atoms with Crippen molar-refractivity contribution in [3.05, 3.63) is 30.3 Å². The highest BCUT2D eigenvalue weighted by atomic mass is 16.2. The van der Waals surface area contributed by atoms with Crippen molar-refractivity contribution < 1.29 is 9.59 Å². The van der Waals surface area contributed by atoms with Gasteiger partial charge in [0.15, 0.2) is 0 Å². The second kappa shape index (κ2) is 8.86. The summed E-state index contributed by atoms with van der Waals surface area (Å²) in [5.41, 5.74) is 0.983. The highest BCUT2D eigenvalue weighted by Gasteiger charge is 2.31. The molecule has 0 aliphatic carbocycles. The predicted molar refractivity (Wildman–Crippen MR) is 97.8 cm³/mol. The Kier molecular flexibility index (Phi) is 6.83. The second-order valence-corrected chi connectivity index (χ2v) is 6.93. The predicted octanol–water partition coefficient (Wildman–Crippen LogP) is 3.71. The molecule has 132 valence electrons. The van der Waals surface area contributed by atoms with Crippen LogP contribution in [-0.2, 0) is 9.59 Å². The van der Waals surface area contributed by atoms with E-state index in [1.54, 1.807) is 0 Å². The average Bonchev–Trinajstić information content (AvgIpc) is 2.62. The molecule has 2 amide bonds. The van der Waals surface area contributed by atoms with Crippen LogP contribution in [0.1, 0.15) is 46.5 Å². The van der Waals surface area contributed by atoms with Gasteiger partial charge in [0.2, 0.25) is 11.8 Å². The van der Waals surface area contributed by atoms with Gasteiger partial charge in [0.05, 0.1) is 0 Å². The number of para-hydroxylation sites is 1. The van der Waals surface area contributed by atoms with Crippen LogP contribution in [0, 0.1) is 11.8 Å². The molecule has 2 rings (SSSR count). The molecule has 1 aromatic rings. The van der Waals surface area contributed by atoms with Crippen molar-refractivity contribution >= 4 is 17.5 Å². The van der Waals surface area contributed by atoms with Crippen LogP contribution in [0.15, 0.2) is 30.3 Å². The Morgan fingerprint density at radius 2 is 1.79 bits per heavy atom. The zero-order valence-corrected chi connectivity index (χ0v) is 15.2. The molecule has 1 saturated heterocycles. The summed E-state index contributed by atoms with van der Waals surface area (Å²) in [5, 5.41) is 0. The number of anilines is 1. The topological polar surface area (TPSA) is 40.6 Å². The Balaban J connectivity index is 2.02. The van der Waals surface area contributed by atoms with Gasteiger partial charge >= 0.3 is 0 Å². The van der Waals surface area contributed by atoms with E-state index < -0.39 is 0 Å². The van der Waals surface area contributed by atoms with Gasteiger partial charge < -0.3 is 9.80 Å². The Morgan fingerprint density at radius 1 is 1.17 bits per heavy atom. The Morgan fingerprint density at radius 3 is 2.33 bits per heavy atom. The van der Waals surface area contributed by atoms with Crippen LogP contribution in [0.2, 0.25) is 0 Å². The number of benzene rings is 1. The quantitative estimate of drug-likeness (QED) is 0.798. The van der Waals surface area contributed by atoms with Crippen molar-refractivity contribution in [2.45, 2.75) is 46.5 Å². The molecule has 4 nitrogen and oxygen atoms in total. The first kappa shape index (κ1) is 18.5. The summed E-state index contributed by atoms with van der Waals surface area (Å²) in [6, 6.07) is 9.94. The lowest BCUT2D eigenvalue weighted by Gasteiger charge is -2.35. The lowest BCUT2D eigenvalue weighted by atomic mass is 9.94. The minimum Gasteiger partial charge on any atom is -0.342 e. The van der Waals surface area contributed by atoms with Crippen molar-refractivity contribution in [2.24, 2.45) is 11.8 Å². The number of amides is 2. The summed E-state index contributed by atoms with van der Waals surface area (Å²) in [6.45, 7) is 8.17. The summed E-state index contributed by atoms with van der Waals surface area (Å²) in [4.78, 5) is 29.0. The van der Waals surface area contributed by atoms with E-state index in [1.165, 1.54) is 0 Å². The Hall–Kier alpha value is -1.84. The van der Waals surface area contributed by atoms with Crippen LogP contribution in [0.3, 0.4) is 0 Å². The fraction of sp³-hybridized carbons (Fsp3) is 0.600. The second-order valence-electron chi connectivity index (χ2n) is 6.93. The minimum absolute atomic E-state index is 0.0262. The third kappa shape index (κ3) is 4.59. The molecule has 1 heterocycles. The molecule has 1 aliphatic heterocycles. The zero-order chi connectivity index (χ0) is 17.5. The SMILES string of the molecule is CCCCN(C(=O)C1CCN(C(=O)C(C)C)CC1)c1ccccc1. The molecular formula is C20H30N2O2. The van der Waals surface area contributed by atoms with Gasteiger partial charge in [-0.15, -0.1) is 0 Å². The Labute approximate surface area is 145 Å². The molecule has 0 spiro atoms. The van der Waals surface area contributed by atoms with Crippen molar-refractivity contribution in [1.82, 2.24) is 4.90 Å². The smallest absolute Gasteiger partial charge is 0.230 e. The lowest BCUT2D eigenvalue weighted by molar-refractivity contribution is -0.137. The van der Waals surface area contributed by atoms with Gasteiger partial charge in [-0.25, -0.2) is 0 Å². The fourth-order valence-corrected chi connectivity index (χ4v) is 3.22. The molecule has 0 aromatic heterocycles. The molecule has 0 atom stereocenters. The van der Waals surface area contributed by atoms with E-state index in [4.69, 9.17) is 0 Å². The van der Waals surface area contributed by atoms with Crippen LogP contribution in [0.25, 0.3) is 0 Å². The summed E-state index contributed by atoms with van der Waals surface area (Å²) < 4.78 is 0. The number of carbonyl (C=O) groups is 2. The van der Waals surface area contributed by atoms with Crippen LogP contribution >= 0.6 is 0 Å². The number of nitrogens with zero attached hydrogens (tertiary/aromatic N) is 2. The largest absolute Gasteiger partial charge is 0.342 e. The Bertz CT molecular complexity index is 534. The number of piperidine rings is 1. The molecule has 0 radical (unpaired) electrons. The molecule has 0 N–H and O–H groups in total. The van der Waals surface area contributed by atoms with E-state index >= 15 is 0 Å². The number of unbranched alkanes of at least 4 members (excludes halogenated alkanes) is 1. The maximum absolute atomic E-state index is 13.0. The van der Waals surface area contributed by atoms with Gasteiger partial charge in [-0.3, -0.25) is 9.59 Å². The van der Waals surface area contributed by atoms with Crippen LogP contribution < -0.4 is 4.90 Å². The number of hydrogen-bond acceptors (Lipinski definition) is 2. The van der Waals surface area contributed by atoms with E-state index in [0.29, 0.717) is 13.1 Å². The number of rotatable bonds is 6. The van der Waals surface area contributed by atoms with E-state index in [1.807, 2.05) is 54.0 Å². The number of carbonyl (C=O) groups excluding carboxylic acids is 2. The maximum Gasteiger partial charge on any atom is 0.230 e. The first-order chi connectivity index (χ1) is 11.5. The minimum atomic E-state index is 0.0262. The van der Waals surface area contributed by atoms with Crippen molar-refractivity contribution in [1.29, 1.82) is 0 Å². The molecule has 24 heavy (non-hydrogen) atoms. The monoisotopic (exact) mass is 330 g/mol. The van der Waals surface area contributed by atoms with Crippen molar-refractivity contribution in [2.75, 3.05) is 24.5 Å². The van der Waals surface area contributed by atoms with E-state index in [-0.39, 0.29) is 23.7 Å². The van der Waals surface area contributed by atoms with Gasteiger partial charge in [0.25, 0.3) is 0 Å². The summed E-state index contributed by atoms with van der Waals surface area (Å²) in [6.07, 6.45) is 3.61. The molecule has 0 saturated carbocycles. The summed E-state index contributed by atoms with van der Waals surface area (Å²) in [5.74, 6) is 0.471. The normalized spacial score (nSPS) is 15.6. The zero-order valence-electron chi connectivity index (χ0n) is 15.2. The van der Waals surface area contributed by atoms with E-state index in [9.17, 15) is 9.59 Å². The fourth-order valence-electron chi connectivity index (χ4n) is 3.22. The first-order valence-electron chi connectivity index (χ1n) is 9.19. The van der Waals surface area contributed by atoms with Crippen LogP contribution in [-0.4, -0.2) is 36.3 Å². The van der Waals surface area contributed by atoms with Gasteiger partial charge in [-0.1, -0.05) is 45.4 Å². The van der Waals surface area contributed by atoms with Crippen LogP contribution in [0.4, 0.5) is 5.69 Å². The standard InChI is InChI=1S/C20H30N2O2/c1-4-5-13-22(18-9-7-6-8-10-18)20(24)17-11-14-21(15-12-17)19(23)16(2)3/h6-10,16-17H,4-5,11-15H2,1-3H3. The molecule has 1 aliphatic rings. The van der Waals surface area contributed by atoms with Crippen molar-refractivity contribution in [3.8, 4) is 0 Å². The summed E-state index contributed by atoms with van der Waals surface area (Å²) >= 11 is 0. The number of likely N-dealkylation sites (tertiary alicyclic amines) is 1. The molecule has 0 unspecified atom stereocenters. The maximum atomic E-state index is 13.0. The third-order valence-corrected chi connectivity index (χ3v) is 4.72. The van der Waals surface area contributed by atoms with Gasteiger partial charge in [0, 0.05) is 37.2 Å². The highest BCUT2D eigenvalue weighted by Crippen LogP contribution is 2.24. The van der Waals surface area contributed by atoms with E-state index in [0.717, 1.165) is 37.9 Å². The average molecular weight is 330 g/mol. The third-order valence-electron chi connectivity index (χ3n) is 4.72. The molecule has 1 fully saturated rings. The molecule has 4 heteroatoms. The summed E-state index contributed by atoms with van der Waals surface area (Å²) in [7, 11) is 0.